The largest absolute Gasteiger partial charge is 0.224 e. The predicted molar refractivity (Wildman–Crippen MR) is 41.3 cm³/mol. The van der Waals surface area contributed by atoms with Crippen molar-refractivity contribution in [3.8, 4) is 0 Å². The molecule has 1 aliphatic rings. The summed E-state index contributed by atoms with van der Waals surface area (Å²) >= 11 is 0. The predicted octanol–water partition coefficient (Wildman–Crippen LogP) is 1.26. The Morgan fingerprint density at radius 1 is 1.50 bits per heavy atom. The van der Waals surface area contributed by atoms with E-state index in [4.69, 9.17) is 0 Å². The molecule has 0 aliphatic heterocycles. The molecular weight excluding hydrogens is 148 g/mol. The molecule has 0 fully saturated rings. The van der Waals surface area contributed by atoms with Crippen molar-refractivity contribution in [2.24, 2.45) is 0 Å². The highest BCUT2D eigenvalue weighted by Gasteiger charge is 2.10. The van der Waals surface area contributed by atoms with Gasteiger partial charge in [-0.3, -0.25) is 0 Å². The summed E-state index contributed by atoms with van der Waals surface area (Å²) < 4.78 is 21.8. The first-order valence-corrected chi connectivity index (χ1v) is 5.05. The molecule has 0 bridgehead atoms. The van der Waals surface area contributed by atoms with Gasteiger partial charge in [-0.1, -0.05) is 12.2 Å². The lowest BCUT2D eigenvalue weighted by Crippen LogP contribution is -2.01. The SMILES string of the molecule is CS(=O)(=O)C1=CC=CCC1. The van der Waals surface area contributed by atoms with E-state index >= 15 is 0 Å². The Morgan fingerprint density at radius 3 is 2.50 bits per heavy atom. The molecule has 2 nitrogen and oxygen atoms in total. The van der Waals surface area contributed by atoms with Crippen LogP contribution in [-0.2, 0) is 9.84 Å². The normalized spacial score (nSPS) is 18.7. The van der Waals surface area contributed by atoms with E-state index in [-0.39, 0.29) is 0 Å². The quantitative estimate of drug-likeness (QED) is 0.575. The first-order chi connectivity index (χ1) is 4.61. The van der Waals surface area contributed by atoms with Crippen LogP contribution in [0, 0.1) is 0 Å². The van der Waals surface area contributed by atoms with Crippen LogP contribution in [0.5, 0.6) is 0 Å². The Labute approximate surface area is 61.2 Å². The third kappa shape index (κ3) is 1.70. The van der Waals surface area contributed by atoms with Crippen LogP contribution in [0.25, 0.3) is 0 Å². The minimum Gasteiger partial charge on any atom is -0.224 e. The smallest absolute Gasteiger partial charge is 0.171 e. The van der Waals surface area contributed by atoms with Crippen molar-refractivity contribution in [3.05, 3.63) is 23.1 Å². The fraction of sp³-hybridized carbons (Fsp3) is 0.429. The third-order valence-corrected chi connectivity index (χ3v) is 2.74. The van der Waals surface area contributed by atoms with Crippen LogP contribution in [0.2, 0.25) is 0 Å². The Balaban J connectivity index is 2.93. The summed E-state index contributed by atoms with van der Waals surface area (Å²) in [5, 5.41) is 0. The molecule has 1 aliphatic carbocycles. The van der Waals surface area contributed by atoms with Crippen LogP contribution in [0.1, 0.15) is 12.8 Å². The lowest BCUT2D eigenvalue weighted by Gasteiger charge is -2.04. The molecule has 0 saturated carbocycles. The van der Waals surface area contributed by atoms with Gasteiger partial charge in [-0.15, -0.1) is 0 Å². The van der Waals surface area contributed by atoms with Crippen LogP contribution in [0.4, 0.5) is 0 Å². The fourth-order valence-electron chi connectivity index (χ4n) is 0.890. The molecule has 1 rings (SSSR count). The first-order valence-electron chi connectivity index (χ1n) is 3.16. The topological polar surface area (TPSA) is 34.1 Å². The van der Waals surface area contributed by atoms with Gasteiger partial charge in [-0.2, -0.15) is 0 Å². The average Bonchev–Trinajstić information content (AvgIpc) is 1.88. The summed E-state index contributed by atoms with van der Waals surface area (Å²) in [7, 11) is -2.92. The summed E-state index contributed by atoms with van der Waals surface area (Å²) in [5.74, 6) is 0. The van der Waals surface area contributed by atoms with Crippen molar-refractivity contribution in [1.29, 1.82) is 0 Å². The summed E-state index contributed by atoms with van der Waals surface area (Å²) in [6, 6.07) is 0. The van der Waals surface area contributed by atoms with Crippen LogP contribution in [0.3, 0.4) is 0 Å². The van der Waals surface area contributed by atoms with E-state index < -0.39 is 9.84 Å². The molecular formula is C7H10O2S. The molecule has 0 radical (unpaired) electrons. The number of allylic oxidation sites excluding steroid dienone is 4. The van der Waals surface area contributed by atoms with Gasteiger partial charge in [-0.25, -0.2) is 8.42 Å². The van der Waals surface area contributed by atoms with Crippen molar-refractivity contribution in [2.45, 2.75) is 12.8 Å². The maximum absolute atomic E-state index is 10.9. The Kier molecular flexibility index (Phi) is 1.94. The van der Waals surface area contributed by atoms with Crippen molar-refractivity contribution >= 4 is 9.84 Å². The number of rotatable bonds is 1. The van der Waals surface area contributed by atoms with E-state index in [1.54, 1.807) is 12.2 Å². The van der Waals surface area contributed by atoms with Crippen molar-refractivity contribution in [2.75, 3.05) is 6.26 Å². The molecule has 3 heteroatoms. The van der Waals surface area contributed by atoms with Gasteiger partial charge in [-0.05, 0) is 18.9 Å². The van der Waals surface area contributed by atoms with Gasteiger partial charge in [0, 0.05) is 11.2 Å². The van der Waals surface area contributed by atoms with E-state index in [2.05, 4.69) is 0 Å². The summed E-state index contributed by atoms with van der Waals surface area (Å²) in [6.07, 6.45) is 8.18. The van der Waals surface area contributed by atoms with E-state index in [1.165, 1.54) is 6.26 Å². The summed E-state index contributed by atoms with van der Waals surface area (Å²) in [4.78, 5) is 0.551. The summed E-state index contributed by atoms with van der Waals surface area (Å²) in [5.41, 5.74) is 0. The molecule has 56 valence electrons. The summed E-state index contributed by atoms with van der Waals surface area (Å²) in [6.45, 7) is 0. The lowest BCUT2D eigenvalue weighted by atomic mass is 10.2. The minimum absolute atomic E-state index is 0.551. The second-order valence-electron chi connectivity index (χ2n) is 2.37. The van der Waals surface area contributed by atoms with Gasteiger partial charge in [0.05, 0.1) is 0 Å². The molecule has 0 amide bonds. The highest BCUT2D eigenvalue weighted by molar-refractivity contribution is 7.94. The van der Waals surface area contributed by atoms with Crippen molar-refractivity contribution in [1.82, 2.24) is 0 Å². The lowest BCUT2D eigenvalue weighted by molar-refractivity contribution is 0.605. The van der Waals surface area contributed by atoms with E-state index in [1.807, 2.05) is 6.08 Å². The highest BCUT2D eigenvalue weighted by Crippen LogP contribution is 2.16. The molecule has 0 N–H and O–H groups in total. The number of hydrogen-bond donors (Lipinski definition) is 0. The molecule has 0 unspecified atom stereocenters. The average molecular weight is 158 g/mol. The molecule has 0 aromatic heterocycles. The van der Waals surface area contributed by atoms with E-state index in [0.29, 0.717) is 11.3 Å². The zero-order valence-electron chi connectivity index (χ0n) is 5.87. The van der Waals surface area contributed by atoms with E-state index in [9.17, 15) is 8.42 Å². The van der Waals surface area contributed by atoms with Gasteiger partial charge < -0.3 is 0 Å². The van der Waals surface area contributed by atoms with Crippen molar-refractivity contribution < 1.29 is 8.42 Å². The van der Waals surface area contributed by atoms with Gasteiger partial charge in [0.2, 0.25) is 0 Å². The fourth-order valence-corrected chi connectivity index (χ4v) is 1.70. The second kappa shape index (κ2) is 2.58. The molecule has 0 spiro atoms. The van der Waals surface area contributed by atoms with Crippen LogP contribution < -0.4 is 0 Å². The van der Waals surface area contributed by atoms with Crippen LogP contribution >= 0.6 is 0 Å². The number of hydrogen-bond acceptors (Lipinski definition) is 2. The number of sulfone groups is 1. The Bertz CT molecular complexity index is 270. The van der Waals surface area contributed by atoms with Crippen LogP contribution in [0.15, 0.2) is 23.1 Å². The van der Waals surface area contributed by atoms with Gasteiger partial charge >= 0.3 is 0 Å². The molecule has 0 aromatic rings. The zero-order valence-corrected chi connectivity index (χ0v) is 6.69. The maximum Gasteiger partial charge on any atom is 0.171 e. The molecule has 10 heavy (non-hydrogen) atoms. The standard InChI is InChI=1S/C7H10O2S/c1-10(8,9)7-5-3-2-4-6-7/h2-3,5H,4,6H2,1H3. The first kappa shape index (κ1) is 7.54. The van der Waals surface area contributed by atoms with Crippen LogP contribution in [-0.4, -0.2) is 14.7 Å². The molecule has 0 aromatic carbocycles. The minimum atomic E-state index is -2.92. The van der Waals surface area contributed by atoms with Crippen molar-refractivity contribution in [3.63, 3.8) is 0 Å². The second-order valence-corrected chi connectivity index (χ2v) is 4.44. The van der Waals surface area contributed by atoms with Gasteiger partial charge in [0.1, 0.15) is 0 Å². The van der Waals surface area contributed by atoms with E-state index in [0.717, 1.165) is 6.42 Å². The van der Waals surface area contributed by atoms with Gasteiger partial charge in [0.15, 0.2) is 9.84 Å². The molecule has 0 saturated heterocycles. The zero-order chi connectivity index (χ0) is 7.61. The Hall–Kier alpha value is -0.570. The monoisotopic (exact) mass is 158 g/mol. The molecule has 0 heterocycles. The maximum atomic E-state index is 10.9. The highest BCUT2D eigenvalue weighted by atomic mass is 32.2. The molecule has 0 atom stereocenters. The third-order valence-electron chi connectivity index (χ3n) is 1.45. The Morgan fingerprint density at radius 2 is 2.20 bits per heavy atom. The van der Waals surface area contributed by atoms with Gasteiger partial charge in [0.25, 0.3) is 0 Å².